The van der Waals surface area contributed by atoms with Crippen LogP contribution in [-0.2, 0) is 0 Å². The Labute approximate surface area is 95.4 Å². The van der Waals surface area contributed by atoms with Crippen LogP contribution in [0.4, 0.5) is 4.39 Å². The van der Waals surface area contributed by atoms with Crippen LogP contribution in [0.15, 0.2) is 18.2 Å². The summed E-state index contributed by atoms with van der Waals surface area (Å²) < 4.78 is 13.6. The predicted octanol–water partition coefficient (Wildman–Crippen LogP) is 3.92. The second-order valence-electron chi connectivity index (χ2n) is 3.93. The summed E-state index contributed by atoms with van der Waals surface area (Å²) in [6, 6.07) is 4.71. The van der Waals surface area contributed by atoms with Crippen molar-refractivity contribution in [1.29, 1.82) is 0 Å². The van der Waals surface area contributed by atoms with Crippen molar-refractivity contribution < 1.29 is 4.39 Å². The van der Waals surface area contributed by atoms with E-state index in [9.17, 15) is 4.39 Å². The number of halogens is 2. The van der Waals surface area contributed by atoms with Crippen LogP contribution in [0.25, 0.3) is 0 Å². The molecule has 1 nitrogen and oxygen atoms in total. The van der Waals surface area contributed by atoms with Crippen molar-refractivity contribution in [3.8, 4) is 0 Å². The number of hydrogen-bond donors (Lipinski definition) is 1. The highest BCUT2D eigenvalue weighted by molar-refractivity contribution is 6.30. The number of benzene rings is 1. The van der Waals surface area contributed by atoms with Crippen LogP contribution in [0.5, 0.6) is 0 Å². The standard InChI is InChI=1S/C12H17ClFN/c1-3-5-8(2)12(15)9-6-4-7-10(13)11(9)14/h4,6-8,12H,3,5,15H2,1-2H3. The molecular weight excluding hydrogens is 213 g/mol. The summed E-state index contributed by atoms with van der Waals surface area (Å²) in [7, 11) is 0. The summed E-state index contributed by atoms with van der Waals surface area (Å²) in [5.74, 6) is -0.113. The fourth-order valence-electron chi connectivity index (χ4n) is 1.72. The molecule has 2 N–H and O–H groups in total. The molecule has 0 bridgehead atoms. The van der Waals surface area contributed by atoms with E-state index in [0.717, 1.165) is 12.8 Å². The Morgan fingerprint density at radius 3 is 2.73 bits per heavy atom. The molecule has 1 rings (SSSR count). The fourth-order valence-corrected chi connectivity index (χ4v) is 1.90. The van der Waals surface area contributed by atoms with E-state index in [0.29, 0.717) is 5.56 Å². The Morgan fingerprint density at radius 2 is 2.13 bits per heavy atom. The Balaban J connectivity index is 2.90. The minimum Gasteiger partial charge on any atom is -0.324 e. The van der Waals surface area contributed by atoms with E-state index in [4.69, 9.17) is 17.3 Å². The van der Waals surface area contributed by atoms with Crippen molar-refractivity contribution in [3.05, 3.63) is 34.6 Å². The zero-order valence-electron chi connectivity index (χ0n) is 9.13. The molecule has 3 heteroatoms. The monoisotopic (exact) mass is 229 g/mol. The van der Waals surface area contributed by atoms with Gasteiger partial charge in [0.1, 0.15) is 5.82 Å². The highest BCUT2D eigenvalue weighted by Gasteiger charge is 2.18. The topological polar surface area (TPSA) is 26.0 Å². The number of nitrogens with two attached hydrogens (primary N) is 1. The molecule has 0 aliphatic rings. The Bertz CT molecular complexity index is 327. The van der Waals surface area contributed by atoms with Gasteiger partial charge in [-0.2, -0.15) is 0 Å². The first-order chi connectivity index (χ1) is 7.07. The van der Waals surface area contributed by atoms with Crippen molar-refractivity contribution in [2.45, 2.75) is 32.7 Å². The van der Waals surface area contributed by atoms with Gasteiger partial charge in [0.05, 0.1) is 5.02 Å². The van der Waals surface area contributed by atoms with E-state index in [2.05, 4.69) is 6.92 Å². The maximum absolute atomic E-state index is 13.6. The fraction of sp³-hybridized carbons (Fsp3) is 0.500. The molecule has 0 fully saturated rings. The Morgan fingerprint density at radius 1 is 1.47 bits per heavy atom. The van der Waals surface area contributed by atoms with Gasteiger partial charge in [0.2, 0.25) is 0 Å². The van der Waals surface area contributed by atoms with Gasteiger partial charge in [0.15, 0.2) is 0 Å². The van der Waals surface area contributed by atoms with E-state index >= 15 is 0 Å². The summed E-state index contributed by atoms with van der Waals surface area (Å²) in [5, 5.41) is 0.145. The average Bonchev–Trinajstić information content (AvgIpc) is 2.21. The zero-order chi connectivity index (χ0) is 11.4. The largest absolute Gasteiger partial charge is 0.324 e. The summed E-state index contributed by atoms with van der Waals surface area (Å²) in [6.45, 7) is 4.13. The third-order valence-electron chi connectivity index (χ3n) is 2.70. The van der Waals surface area contributed by atoms with Crippen LogP contribution in [0, 0.1) is 11.7 Å². The van der Waals surface area contributed by atoms with Gasteiger partial charge in [-0.25, -0.2) is 4.39 Å². The van der Waals surface area contributed by atoms with Gasteiger partial charge in [-0.1, -0.05) is 44.0 Å². The van der Waals surface area contributed by atoms with E-state index in [1.165, 1.54) is 6.07 Å². The summed E-state index contributed by atoms with van der Waals surface area (Å²) >= 11 is 5.71. The predicted molar refractivity (Wildman–Crippen MR) is 62.4 cm³/mol. The third kappa shape index (κ3) is 2.93. The smallest absolute Gasteiger partial charge is 0.146 e. The first-order valence-corrected chi connectivity index (χ1v) is 5.65. The molecule has 2 unspecified atom stereocenters. The van der Waals surface area contributed by atoms with E-state index in [1.54, 1.807) is 12.1 Å². The summed E-state index contributed by atoms with van der Waals surface area (Å²) in [6.07, 6.45) is 2.05. The second kappa shape index (κ2) is 5.47. The third-order valence-corrected chi connectivity index (χ3v) is 2.99. The molecule has 0 aliphatic heterocycles. The maximum Gasteiger partial charge on any atom is 0.146 e. The van der Waals surface area contributed by atoms with Crippen molar-refractivity contribution in [3.63, 3.8) is 0 Å². The van der Waals surface area contributed by atoms with E-state index in [-0.39, 0.29) is 22.8 Å². The molecule has 0 saturated carbocycles. The molecular formula is C12H17ClFN. The highest BCUT2D eigenvalue weighted by atomic mass is 35.5. The summed E-state index contributed by atoms with van der Waals surface area (Å²) in [4.78, 5) is 0. The molecule has 0 spiro atoms. The lowest BCUT2D eigenvalue weighted by molar-refractivity contribution is 0.420. The molecule has 84 valence electrons. The van der Waals surface area contributed by atoms with Gasteiger partial charge >= 0.3 is 0 Å². The second-order valence-corrected chi connectivity index (χ2v) is 4.34. The maximum atomic E-state index is 13.6. The lowest BCUT2D eigenvalue weighted by Gasteiger charge is -2.20. The van der Waals surface area contributed by atoms with Gasteiger partial charge in [-0.05, 0) is 18.4 Å². The minimum absolute atomic E-state index is 0.145. The van der Waals surface area contributed by atoms with Crippen molar-refractivity contribution in [1.82, 2.24) is 0 Å². The van der Waals surface area contributed by atoms with Gasteiger partial charge < -0.3 is 5.73 Å². The van der Waals surface area contributed by atoms with E-state index in [1.807, 2.05) is 6.92 Å². The van der Waals surface area contributed by atoms with Crippen molar-refractivity contribution in [2.75, 3.05) is 0 Å². The van der Waals surface area contributed by atoms with Crippen LogP contribution >= 0.6 is 11.6 Å². The van der Waals surface area contributed by atoms with Gasteiger partial charge in [0, 0.05) is 11.6 Å². The quantitative estimate of drug-likeness (QED) is 0.832. The van der Waals surface area contributed by atoms with Gasteiger partial charge in [-0.15, -0.1) is 0 Å². The molecule has 0 amide bonds. The SMILES string of the molecule is CCCC(C)C(N)c1cccc(Cl)c1F. The first-order valence-electron chi connectivity index (χ1n) is 5.27. The van der Waals surface area contributed by atoms with Crippen molar-refractivity contribution >= 4 is 11.6 Å². The molecule has 0 aromatic heterocycles. The van der Waals surface area contributed by atoms with Crippen LogP contribution in [0.2, 0.25) is 5.02 Å². The van der Waals surface area contributed by atoms with Crippen LogP contribution < -0.4 is 5.73 Å². The van der Waals surface area contributed by atoms with Crippen molar-refractivity contribution in [2.24, 2.45) is 11.7 Å². The highest BCUT2D eigenvalue weighted by Crippen LogP contribution is 2.28. The normalized spacial score (nSPS) is 15.0. The zero-order valence-corrected chi connectivity index (χ0v) is 9.89. The molecule has 15 heavy (non-hydrogen) atoms. The minimum atomic E-state index is -0.380. The lowest BCUT2D eigenvalue weighted by Crippen LogP contribution is -2.20. The first kappa shape index (κ1) is 12.5. The summed E-state index contributed by atoms with van der Waals surface area (Å²) in [5.41, 5.74) is 6.51. The molecule has 0 saturated heterocycles. The van der Waals surface area contributed by atoms with Crippen LogP contribution in [0.1, 0.15) is 38.3 Å². The average molecular weight is 230 g/mol. The molecule has 2 atom stereocenters. The van der Waals surface area contributed by atoms with Crippen LogP contribution in [0.3, 0.4) is 0 Å². The van der Waals surface area contributed by atoms with Crippen LogP contribution in [-0.4, -0.2) is 0 Å². The number of hydrogen-bond acceptors (Lipinski definition) is 1. The molecule has 1 aromatic carbocycles. The van der Waals surface area contributed by atoms with Gasteiger partial charge in [-0.3, -0.25) is 0 Å². The Hall–Kier alpha value is -0.600. The van der Waals surface area contributed by atoms with E-state index < -0.39 is 0 Å². The Kier molecular flexibility index (Phi) is 4.55. The number of rotatable bonds is 4. The molecule has 0 aliphatic carbocycles. The lowest BCUT2D eigenvalue weighted by atomic mass is 9.91. The molecule has 0 heterocycles. The molecule has 1 aromatic rings. The van der Waals surface area contributed by atoms with Gasteiger partial charge in [0.25, 0.3) is 0 Å². The molecule has 0 radical (unpaired) electrons.